The molecule has 0 fully saturated rings. The van der Waals surface area contributed by atoms with E-state index in [0.717, 1.165) is 56.4 Å². The van der Waals surface area contributed by atoms with Gasteiger partial charge in [0, 0.05) is 17.1 Å². The van der Waals surface area contributed by atoms with E-state index in [1.54, 1.807) is 23.1 Å². The van der Waals surface area contributed by atoms with E-state index in [9.17, 15) is 4.79 Å². The van der Waals surface area contributed by atoms with Crippen LogP contribution in [0.15, 0.2) is 40.3 Å². The predicted molar refractivity (Wildman–Crippen MR) is 127 cm³/mol. The molecule has 2 aromatic heterocycles. The van der Waals surface area contributed by atoms with Crippen molar-refractivity contribution in [3.05, 3.63) is 56.7 Å². The van der Waals surface area contributed by atoms with Crippen LogP contribution in [0, 0.1) is 5.92 Å². The number of aromatic nitrogens is 2. The van der Waals surface area contributed by atoms with E-state index in [0.29, 0.717) is 19.1 Å². The molecule has 3 heterocycles. The van der Waals surface area contributed by atoms with Gasteiger partial charge in [-0.25, -0.2) is 4.98 Å². The van der Waals surface area contributed by atoms with Crippen LogP contribution in [0.3, 0.4) is 0 Å². The van der Waals surface area contributed by atoms with Crippen LogP contribution in [0.2, 0.25) is 0 Å². The maximum atomic E-state index is 13.8. The third-order valence-corrected chi connectivity index (χ3v) is 8.03. The van der Waals surface area contributed by atoms with E-state index in [2.05, 4.69) is 39.8 Å². The molecule has 0 saturated carbocycles. The van der Waals surface area contributed by atoms with Gasteiger partial charge in [-0.15, -0.1) is 11.3 Å². The lowest BCUT2D eigenvalue weighted by Gasteiger charge is -2.32. The molecule has 0 aliphatic carbocycles. The summed E-state index contributed by atoms with van der Waals surface area (Å²) in [5, 5.41) is 1.64. The summed E-state index contributed by atoms with van der Waals surface area (Å²) in [5.41, 5.74) is 2.16. The number of fused-ring (bicyclic) bond motifs is 3. The summed E-state index contributed by atoms with van der Waals surface area (Å²) in [6, 6.07) is 10.2. The van der Waals surface area contributed by atoms with Crippen LogP contribution in [0.4, 0.5) is 0 Å². The van der Waals surface area contributed by atoms with Crippen molar-refractivity contribution in [2.45, 2.75) is 70.9 Å². The van der Waals surface area contributed by atoms with Crippen LogP contribution in [-0.2, 0) is 24.3 Å². The van der Waals surface area contributed by atoms with Crippen LogP contribution in [-0.4, -0.2) is 20.9 Å². The maximum absolute atomic E-state index is 13.8. The Labute approximate surface area is 186 Å². The van der Waals surface area contributed by atoms with Gasteiger partial charge >= 0.3 is 0 Å². The molecular formula is C24H30N2O2S2. The van der Waals surface area contributed by atoms with E-state index in [1.165, 1.54) is 0 Å². The fourth-order valence-corrected chi connectivity index (χ4v) is 6.15. The van der Waals surface area contributed by atoms with E-state index in [1.807, 2.05) is 22.8 Å². The molecule has 0 bridgehead atoms. The average Bonchev–Trinajstić information content (AvgIpc) is 3.08. The maximum Gasteiger partial charge on any atom is 0.263 e. The predicted octanol–water partition coefficient (Wildman–Crippen LogP) is 5.89. The summed E-state index contributed by atoms with van der Waals surface area (Å²) < 4.78 is 8.01. The van der Waals surface area contributed by atoms with Crippen LogP contribution in [0.1, 0.15) is 56.5 Å². The van der Waals surface area contributed by atoms with Gasteiger partial charge in [0.15, 0.2) is 5.16 Å². The van der Waals surface area contributed by atoms with E-state index in [-0.39, 0.29) is 11.2 Å². The topological polar surface area (TPSA) is 44.1 Å². The number of ether oxygens (including phenoxy) is 1. The normalized spacial score (nSPS) is 18.8. The first-order chi connectivity index (χ1) is 14.4. The van der Waals surface area contributed by atoms with Crippen molar-refractivity contribution in [2.24, 2.45) is 5.92 Å². The number of benzene rings is 1. The molecule has 3 aromatic rings. The summed E-state index contributed by atoms with van der Waals surface area (Å²) in [6.45, 7) is 9.88. The Morgan fingerprint density at radius 1 is 1.30 bits per heavy atom. The van der Waals surface area contributed by atoms with Crippen molar-refractivity contribution in [3.63, 3.8) is 0 Å². The minimum absolute atomic E-state index is 0.0914. The number of thiophene rings is 1. The van der Waals surface area contributed by atoms with Gasteiger partial charge in [-0.3, -0.25) is 9.36 Å². The summed E-state index contributed by atoms with van der Waals surface area (Å²) in [6.07, 6.45) is 2.81. The molecule has 0 saturated heterocycles. The van der Waals surface area contributed by atoms with Gasteiger partial charge in [-0.1, -0.05) is 62.9 Å². The van der Waals surface area contributed by atoms with E-state index in [4.69, 9.17) is 9.72 Å². The van der Waals surface area contributed by atoms with Crippen molar-refractivity contribution in [3.8, 4) is 0 Å². The second kappa shape index (κ2) is 8.85. The average molecular weight is 443 g/mol. The molecule has 0 radical (unpaired) electrons. The number of hydrogen-bond donors (Lipinski definition) is 0. The Morgan fingerprint density at radius 3 is 2.77 bits per heavy atom. The zero-order chi connectivity index (χ0) is 21.3. The molecular weight excluding hydrogens is 412 g/mol. The first-order valence-electron chi connectivity index (χ1n) is 10.8. The van der Waals surface area contributed by atoms with Gasteiger partial charge in [-0.2, -0.15) is 0 Å². The molecule has 0 N–H and O–H groups in total. The largest absolute Gasteiger partial charge is 0.369 e. The molecule has 0 spiro atoms. The van der Waals surface area contributed by atoms with Gasteiger partial charge in [0.1, 0.15) is 4.83 Å². The molecule has 6 heteroatoms. The highest BCUT2D eigenvalue weighted by Crippen LogP contribution is 2.39. The molecule has 4 rings (SSSR count). The number of rotatable bonds is 7. The Hall–Kier alpha value is -1.63. The molecule has 1 aliphatic rings. The van der Waals surface area contributed by atoms with E-state index < -0.39 is 0 Å². The number of hydrogen-bond acceptors (Lipinski definition) is 5. The summed E-state index contributed by atoms with van der Waals surface area (Å²) in [5.74, 6) is 1.60. The van der Waals surface area contributed by atoms with Gasteiger partial charge in [-0.05, 0) is 36.8 Å². The lowest BCUT2D eigenvalue weighted by atomic mass is 9.90. The van der Waals surface area contributed by atoms with Gasteiger partial charge < -0.3 is 4.74 Å². The SMILES string of the molecule is CC[C@]1(C)Cc2c(sc3nc(SCCC(C)C)n(Cc4ccccc4)c(=O)c23)CO1. The fourth-order valence-electron chi connectivity index (χ4n) is 3.76. The third-order valence-electron chi connectivity index (χ3n) is 5.92. The highest BCUT2D eigenvalue weighted by Gasteiger charge is 2.33. The third kappa shape index (κ3) is 4.36. The lowest BCUT2D eigenvalue weighted by Crippen LogP contribution is -2.34. The van der Waals surface area contributed by atoms with Crippen molar-refractivity contribution in [1.82, 2.24) is 9.55 Å². The number of nitrogens with zero attached hydrogens (tertiary/aromatic N) is 2. The molecule has 1 aromatic carbocycles. The van der Waals surface area contributed by atoms with E-state index >= 15 is 0 Å². The van der Waals surface area contributed by atoms with Crippen molar-refractivity contribution >= 4 is 33.3 Å². The van der Waals surface area contributed by atoms with Crippen LogP contribution in [0.25, 0.3) is 10.2 Å². The van der Waals surface area contributed by atoms with Crippen LogP contribution in [0.5, 0.6) is 0 Å². The Morgan fingerprint density at radius 2 is 2.07 bits per heavy atom. The smallest absolute Gasteiger partial charge is 0.263 e. The second-order valence-corrected chi connectivity index (χ2v) is 10.9. The van der Waals surface area contributed by atoms with Crippen molar-refractivity contribution in [1.29, 1.82) is 0 Å². The first kappa shape index (κ1) is 21.6. The Balaban J connectivity index is 1.81. The minimum Gasteiger partial charge on any atom is -0.369 e. The fraction of sp³-hybridized carbons (Fsp3) is 0.500. The van der Waals surface area contributed by atoms with Gasteiger partial charge in [0.25, 0.3) is 5.56 Å². The molecule has 1 atom stereocenters. The van der Waals surface area contributed by atoms with Crippen LogP contribution >= 0.6 is 23.1 Å². The summed E-state index contributed by atoms with van der Waals surface area (Å²) in [7, 11) is 0. The Bertz CT molecular complexity index is 1090. The Kier molecular flexibility index (Phi) is 6.37. The lowest BCUT2D eigenvalue weighted by molar-refractivity contribution is -0.0543. The zero-order valence-corrected chi connectivity index (χ0v) is 19.9. The quantitative estimate of drug-likeness (QED) is 0.338. The summed E-state index contributed by atoms with van der Waals surface area (Å²) >= 11 is 3.33. The highest BCUT2D eigenvalue weighted by atomic mass is 32.2. The standard InChI is InChI=1S/C24H30N2O2S2/c1-5-24(4)13-18-19(15-28-24)30-21-20(18)22(27)26(14-17-9-7-6-8-10-17)23(25-21)29-12-11-16(2)3/h6-10,16H,5,11-15H2,1-4H3/t24-/m1/s1. The molecule has 4 nitrogen and oxygen atoms in total. The van der Waals surface area contributed by atoms with Gasteiger partial charge in [0.05, 0.1) is 24.1 Å². The molecule has 0 amide bonds. The van der Waals surface area contributed by atoms with Crippen molar-refractivity contribution in [2.75, 3.05) is 5.75 Å². The summed E-state index contributed by atoms with van der Waals surface area (Å²) in [4.78, 5) is 20.8. The molecule has 160 valence electrons. The zero-order valence-electron chi connectivity index (χ0n) is 18.2. The first-order valence-corrected chi connectivity index (χ1v) is 12.6. The van der Waals surface area contributed by atoms with Crippen molar-refractivity contribution < 1.29 is 4.74 Å². The van der Waals surface area contributed by atoms with Gasteiger partial charge in [0.2, 0.25) is 0 Å². The highest BCUT2D eigenvalue weighted by molar-refractivity contribution is 7.99. The number of thioether (sulfide) groups is 1. The van der Waals surface area contributed by atoms with Crippen LogP contribution < -0.4 is 5.56 Å². The molecule has 1 aliphatic heterocycles. The molecule has 30 heavy (non-hydrogen) atoms. The monoisotopic (exact) mass is 442 g/mol. The minimum atomic E-state index is -0.206. The second-order valence-electron chi connectivity index (χ2n) is 8.76. The molecule has 0 unspecified atom stereocenters.